The van der Waals surface area contributed by atoms with Crippen molar-refractivity contribution in [3.63, 3.8) is 0 Å². The molecule has 0 aliphatic carbocycles. The number of nitriles is 1. The highest BCUT2D eigenvalue weighted by molar-refractivity contribution is 6.37. The van der Waals surface area contributed by atoms with Crippen LogP contribution in [0, 0.1) is 18.3 Å². The molecule has 35 heavy (non-hydrogen) atoms. The molecular formula is C24H17ClF3N3O4. The van der Waals surface area contributed by atoms with Crippen LogP contribution in [0.15, 0.2) is 36.5 Å². The summed E-state index contributed by atoms with van der Waals surface area (Å²) in [6, 6.07) is 8.72. The van der Waals surface area contributed by atoms with Gasteiger partial charge in [0.05, 0.1) is 30.2 Å². The van der Waals surface area contributed by atoms with Gasteiger partial charge in [0.2, 0.25) is 5.91 Å². The van der Waals surface area contributed by atoms with E-state index >= 15 is 0 Å². The van der Waals surface area contributed by atoms with Gasteiger partial charge in [-0.25, -0.2) is 0 Å². The average molecular weight is 504 g/mol. The molecule has 11 heteroatoms. The number of pyridine rings is 1. The van der Waals surface area contributed by atoms with Gasteiger partial charge >= 0.3 is 12.1 Å². The zero-order valence-electron chi connectivity index (χ0n) is 18.3. The minimum absolute atomic E-state index is 0.000807. The molecule has 0 atom stereocenters. The number of hydrogen-bond donors (Lipinski definition) is 2. The molecule has 0 spiro atoms. The summed E-state index contributed by atoms with van der Waals surface area (Å²) in [5, 5.41) is 19.0. The quantitative estimate of drug-likeness (QED) is 0.487. The van der Waals surface area contributed by atoms with E-state index in [9.17, 15) is 33.1 Å². The van der Waals surface area contributed by atoms with Gasteiger partial charge in [0.1, 0.15) is 11.4 Å². The molecule has 180 valence electrons. The molecule has 0 fully saturated rings. The van der Waals surface area contributed by atoms with Crippen molar-refractivity contribution in [3.8, 4) is 34.1 Å². The first-order valence-electron chi connectivity index (χ1n) is 9.89. The van der Waals surface area contributed by atoms with Gasteiger partial charge in [-0.3, -0.25) is 14.6 Å². The first-order valence-corrected chi connectivity index (χ1v) is 10.3. The number of carbonyl (C=O) groups excluding carboxylic acids is 1. The van der Waals surface area contributed by atoms with E-state index in [-0.39, 0.29) is 44.2 Å². The van der Waals surface area contributed by atoms with E-state index in [1.165, 1.54) is 14.0 Å². The molecule has 3 N–H and O–H groups in total. The molecule has 0 saturated heterocycles. The third-order valence-corrected chi connectivity index (χ3v) is 5.71. The first-order chi connectivity index (χ1) is 16.4. The zero-order valence-corrected chi connectivity index (χ0v) is 19.1. The third kappa shape index (κ3) is 4.76. The van der Waals surface area contributed by atoms with Crippen molar-refractivity contribution < 1.29 is 32.6 Å². The SMILES string of the molecule is COc1ccccc1-c1c(Cl)c(-c2cnc(C(F)(F)F)cc2C#N)c(C)c(C(N)=O)c1CC(=O)O. The van der Waals surface area contributed by atoms with E-state index in [1.807, 2.05) is 0 Å². The van der Waals surface area contributed by atoms with Crippen LogP contribution in [-0.4, -0.2) is 29.1 Å². The number of carbonyl (C=O) groups is 2. The second kappa shape index (κ2) is 9.64. The molecule has 1 amide bonds. The van der Waals surface area contributed by atoms with E-state index in [4.69, 9.17) is 22.1 Å². The Morgan fingerprint density at radius 1 is 1.23 bits per heavy atom. The number of nitrogens with zero attached hydrogens (tertiary/aromatic N) is 2. The molecule has 7 nitrogen and oxygen atoms in total. The highest BCUT2D eigenvalue weighted by Crippen LogP contribution is 2.47. The molecule has 0 radical (unpaired) electrons. The number of benzene rings is 2. The number of carboxylic acid groups (broad SMARTS) is 1. The van der Waals surface area contributed by atoms with Crippen LogP contribution in [0.1, 0.15) is 32.7 Å². The van der Waals surface area contributed by atoms with Crippen LogP contribution < -0.4 is 10.5 Å². The van der Waals surface area contributed by atoms with E-state index in [0.29, 0.717) is 11.6 Å². The lowest BCUT2D eigenvalue weighted by atomic mass is 9.84. The molecule has 0 saturated carbocycles. The number of aromatic nitrogens is 1. The van der Waals surface area contributed by atoms with Crippen molar-refractivity contribution in [2.45, 2.75) is 19.5 Å². The van der Waals surface area contributed by atoms with Crippen LogP contribution in [0.5, 0.6) is 5.75 Å². The third-order valence-electron chi connectivity index (χ3n) is 5.33. The number of amides is 1. The van der Waals surface area contributed by atoms with Gasteiger partial charge in [0.25, 0.3) is 0 Å². The largest absolute Gasteiger partial charge is 0.496 e. The highest BCUT2D eigenvalue weighted by Gasteiger charge is 2.34. The number of carboxylic acids is 1. The fourth-order valence-electron chi connectivity index (χ4n) is 3.91. The average Bonchev–Trinajstić information content (AvgIpc) is 2.78. The van der Waals surface area contributed by atoms with Gasteiger partial charge in [0, 0.05) is 34.0 Å². The molecular weight excluding hydrogens is 487 g/mol. The normalized spacial score (nSPS) is 11.1. The van der Waals surface area contributed by atoms with Crippen molar-refractivity contribution in [3.05, 3.63) is 69.5 Å². The van der Waals surface area contributed by atoms with Crippen LogP contribution in [0.3, 0.4) is 0 Å². The van der Waals surface area contributed by atoms with Crippen molar-refractivity contribution in [2.75, 3.05) is 7.11 Å². The maximum Gasteiger partial charge on any atom is 0.433 e. The Labute approximate surface area is 202 Å². The van der Waals surface area contributed by atoms with E-state index < -0.39 is 35.7 Å². The van der Waals surface area contributed by atoms with Crippen molar-refractivity contribution >= 4 is 23.5 Å². The number of para-hydroxylation sites is 1. The predicted molar refractivity (Wildman–Crippen MR) is 121 cm³/mol. The second-order valence-corrected chi connectivity index (χ2v) is 7.78. The van der Waals surface area contributed by atoms with Gasteiger partial charge in [-0.1, -0.05) is 29.8 Å². The number of ether oxygens (including phenoxy) is 1. The van der Waals surface area contributed by atoms with Gasteiger partial charge < -0.3 is 15.6 Å². The van der Waals surface area contributed by atoms with Gasteiger partial charge in [-0.2, -0.15) is 18.4 Å². The number of alkyl halides is 3. The number of methoxy groups -OCH3 is 1. The minimum Gasteiger partial charge on any atom is -0.496 e. The first kappa shape index (κ1) is 25.5. The summed E-state index contributed by atoms with van der Waals surface area (Å²) < 4.78 is 44.9. The van der Waals surface area contributed by atoms with Crippen molar-refractivity contribution in [1.29, 1.82) is 5.26 Å². The zero-order chi connectivity index (χ0) is 26.1. The number of hydrogen-bond acceptors (Lipinski definition) is 5. The molecule has 0 bridgehead atoms. The number of aliphatic carboxylic acids is 1. The Kier molecular flexibility index (Phi) is 7.03. The van der Waals surface area contributed by atoms with Gasteiger partial charge in [0.15, 0.2) is 0 Å². The maximum absolute atomic E-state index is 13.2. The van der Waals surface area contributed by atoms with Crippen LogP contribution >= 0.6 is 11.6 Å². The second-order valence-electron chi connectivity index (χ2n) is 7.40. The summed E-state index contributed by atoms with van der Waals surface area (Å²) in [6.07, 6.45) is -4.60. The summed E-state index contributed by atoms with van der Waals surface area (Å²) in [5.74, 6) is -1.97. The Morgan fingerprint density at radius 3 is 2.43 bits per heavy atom. The fraction of sp³-hybridized carbons (Fsp3) is 0.167. The molecule has 0 unspecified atom stereocenters. The lowest BCUT2D eigenvalue weighted by molar-refractivity contribution is -0.141. The predicted octanol–water partition coefficient (Wildman–Crippen LogP) is 5.00. The van der Waals surface area contributed by atoms with E-state index in [2.05, 4.69) is 4.98 Å². The van der Waals surface area contributed by atoms with Crippen LogP contribution in [0.2, 0.25) is 5.02 Å². The van der Waals surface area contributed by atoms with Gasteiger partial charge in [-0.15, -0.1) is 0 Å². The molecule has 1 aromatic heterocycles. The summed E-state index contributed by atoms with van der Waals surface area (Å²) in [5.41, 5.74) is 4.20. The number of primary amides is 1. The summed E-state index contributed by atoms with van der Waals surface area (Å²) in [4.78, 5) is 27.7. The monoisotopic (exact) mass is 503 g/mol. The Hall–Kier alpha value is -4.10. The molecule has 0 aliphatic rings. The fourth-order valence-corrected chi connectivity index (χ4v) is 4.37. The highest BCUT2D eigenvalue weighted by atomic mass is 35.5. The summed E-state index contributed by atoms with van der Waals surface area (Å²) in [6.45, 7) is 1.41. The Bertz CT molecular complexity index is 1400. The van der Waals surface area contributed by atoms with Crippen molar-refractivity contribution in [2.24, 2.45) is 5.73 Å². The molecule has 1 heterocycles. The Morgan fingerprint density at radius 2 is 1.89 bits per heavy atom. The molecule has 2 aromatic carbocycles. The van der Waals surface area contributed by atoms with E-state index in [0.717, 1.165) is 6.20 Å². The summed E-state index contributed by atoms with van der Waals surface area (Å²) in [7, 11) is 1.38. The van der Waals surface area contributed by atoms with Crippen LogP contribution in [0.4, 0.5) is 13.2 Å². The summed E-state index contributed by atoms with van der Waals surface area (Å²) >= 11 is 6.78. The molecule has 0 aliphatic heterocycles. The minimum atomic E-state index is -4.80. The number of halogens is 4. The molecule has 3 rings (SSSR count). The van der Waals surface area contributed by atoms with Crippen molar-refractivity contribution in [1.82, 2.24) is 4.98 Å². The number of rotatable bonds is 6. The lowest BCUT2D eigenvalue weighted by Gasteiger charge is -2.23. The van der Waals surface area contributed by atoms with Crippen LogP contribution in [0.25, 0.3) is 22.3 Å². The number of nitrogens with two attached hydrogens (primary N) is 1. The smallest absolute Gasteiger partial charge is 0.433 e. The standard InChI is InChI=1S/C24H17ClF3N3O4/c1-11-19(15-10-31-17(24(26,27)28)7-12(15)9-29)22(25)21(13-5-3-4-6-16(13)35-2)14(8-18(32)33)20(11)23(30)34/h3-7,10H,8H2,1-2H3,(H2,30,34)(H,32,33). The van der Waals surface area contributed by atoms with Crippen LogP contribution in [-0.2, 0) is 17.4 Å². The molecule has 3 aromatic rings. The Balaban J connectivity index is 2.54. The van der Waals surface area contributed by atoms with E-state index in [1.54, 1.807) is 30.3 Å². The van der Waals surface area contributed by atoms with Gasteiger partial charge in [-0.05, 0) is 30.2 Å². The lowest BCUT2D eigenvalue weighted by Crippen LogP contribution is -2.19. The maximum atomic E-state index is 13.2. The topological polar surface area (TPSA) is 126 Å².